The van der Waals surface area contributed by atoms with Crippen molar-refractivity contribution in [3.63, 3.8) is 0 Å². The van der Waals surface area contributed by atoms with Crippen LogP contribution < -0.4 is 0 Å². The predicted octanol–water partition coefficient (Wildman–Crippen LogP) is 4.25. The van der Waals surface area contributed by atoms with Crippen LogP contribution in [-0.2, 0) is 14.9 Å². The van der Waals surface area contributed by atoms with Gasteiger partial charge in [-0.3, -0.25) is 0 Å². The van der Waals surface area contributed by atoms with Gasteiger partial charge < -0.3 is 9.84 Å². The molecule has 0 saturated heterocycles. The van der Waals surface area contributed by atoms with Crippen LogP contribution in [0.25, 0.3) is 0 Å². The quantitative estimate of drug-likeness (QED) is 0.626. The molecule has 1 aromatic rings. The zero-order valence-corrected chi connectivity index (χ0v) is 15.1. The van der Waals surface area contributed by atoms with Gasteiger partial charge in [-0.05, 0) is 29.7 Å². The summed E-state index contributed by atoms with van der Waals surface area (Å²) in [5.41, 5.74) is 1.17. The number of carbonyl (C=O) groups is 1. The van der Waals surface area contributed by atoms with Crippen molar-refractivity contribution in [1.82, 2.24) is 0 Å². The van der Waals surface area contributed by atoms with Crippen LogP contribution in [0.3, 0.4) is 0 Å². The topological polar surface area (TPSA) is 46.5 Å². The minimum Gasteiger partial charge on any atom is -0.460 e. The van der Waals surface area contributed by atoms with Crippen molar-refractivity contribution in [3.8, 4) is 0 Å². The van der Waals surface area contributed by atoms with Gasteiger partial charge >= 0.3 is 5.97 Å². The van der Waals surface area contributed by atoms with E-state index in [0.717, 1.165) is 19.3 Å². The van der Waals surface area contributed by atoms with E-state index in [1.54, 1.807) is 6.08 Å². The van der Waals surface area contributed by atoms with Crippen molar-refractivity contribution in [2.45, 2.75) is 64.1 Å². The standard InChI is InChI=1S/C21H30O3/c1-5-9-18(22)20(23)24-19-14-15(2)12-13-17(19)21(3,4)16-10-7-6-8-11-16/h5-8,10-11,15,17-19,22H,1,9,12-14H2,2-4H3/t15-,17-,18-,19-/m1/s1. The highest BCUT2D eigenvalue weighted by Gasteiger charge is 2.42. The molecule has 3 heteroatoms. The van der Waals surface area contributed by atoms with Crippen LogP contribution in [0.2, 0.25) is 0 Å². The molecule has 24 heavy (non-hydrogen) atoms. The fourth-order valence-corrected chi connectivity index (χ4v) is 3.85. The third-order valence-corrected chi connectivity index (χ3v) is 5.43. The second kappa shape index (κ2) is 7.98. The molecule has 1 saturated carbocycles. The highest BCUT2D eigenvalue weighted by atomic mass is 16.6. The number of aliphatic hydroxyl groups is 1. The fourth-order valence-electron chi connectivity index (χ4n) is 3.85. The molecule has 132 valence electrons. The number of hydrogen-bond acceptors (Lipinski definition) is 3. The zero-order chi connectivity index (χ0) is 17.7. The summed E-state index contributed by atoms with van der Waals surface area (Å²) in [4.78, 5) is 12.2. The van der Waals surface area contributed by atoms with Crippen LogP contribution in [0.15, 0.2) is 43.0 Å². The number of hydrogen-bond donors (Lipinski definition) is 1. The summed E-state index contributed by atoms with van der Waals surface area (Å²) in [6.07, 6.45) is 3.53. The minimum atomic E-state index is -1.11. The third-order valence-electron chi connectivity index (χ3n) is 5.43. The van der Waals surface area contributed by atoms with Crippen LogP contribution in [0, 0.1) is 11.8 Å². The average molecular weight is 330 g/mol. The Labute approximate surface area is 145 Å². The van der Waals surface area contributed by atoms with Gasteiger partial charge in [0.15, 0.2) is 6.10 Å². The molecule has 0 unspecified atom stereocenters. The largest absolute Gasteiger partial charge is 0.460 e. The molecular formula is C21H30O3. The SMILES string of the molecule is C=CC[C@@H](O)C(=O)O[C@@H]1C[C@H](C)CC[C@H]1C(C)(C)c1ccccc1. The molecule has 1 fully saturated rings. The number of benzene rings is 1. The first-order valence-electron chi connectivity index (χ1n) is 8.91. The lowest BCUT2D eigenvalue weighted by molar-refractivity contribution is -0.166. The van der Waals surface area contributed by atoms with E-state index in [2.05, 4.69) is 51.6 Å². The van der Waals surface area contributed by atoms with Gasteiger partial charge in [0.25, 0.3) is 0 Å². The first-order chi connectivity index (χ1) is 11.4. The fraction of sp³-hybridized carbons (Fsp3) is 0.571. The normalized spacial score (nSPS) is 25.8. The number of ether oxygens (including phenoxy) is 1. The van der Waals surface area contributed by atoms with Gasteiger partial charge in [-0.2, -0.15) is 0 Å². The first-order valence-corrected chi connectivity index (χ1v) is 8.91. The average Bonchev–Trinajstić information content (AvgIpc) is 2.55. The van der Waals surface area contributed by atoms with Crippen LogP contribution in [0.1, 0.15) is 52.0 Å². The molecule has 4 atom stereocenters. The molecule has 0 amide bonds. The van der Waals surface area contributed by atoms with E-state index in [4.69, 9.17) is 4.74 Å². The second-order valence-corrected chi connectivity index (χ2v) is 7.63. The predicted molar refractivity (Wildman–Crippen MR) is 96.7 cm³/mol. The second-order valence-electron chi connectivity index (χ2n) is 7.63. The Hall–Kier alpha value is -1.61. The first kappa shape index (κ1) is 18.7. The van der Waals surface area contributed by atoms with E-state index >= 15 is 0 Å². The highest BCUT2D eigenvalue weighted by molar-refractivity contribution is 5.74. The monoisotopic (exact) mass is 330 g/mol. The van der Waals surface area contributed by atoms with E-state index < -0.39 is 12.1 Å². The van der Waals surface area contributed by atoms with Gasteiger partial charge in [-0.1, -0.05) is 63.6 Å². The summed E-state index contributed by atoms with van der Waals surface area (Å²) in [5.74, 6) is 0.251. The van der Waals surface area contributed by atoms with Gasteiger partial charge in [0.1, 0.15) is 6.10 Å². The Morgan fingerprint density at radius 2 is 2.04 bits per heavy atom. The molecule has 2 rings (SSSR count). The zero-order valence-electron chi connectivity index (χ0n) is 15.1. The smallest absolute Gasteiger partial charge is 0.335 e. The van der Waals surface area contributed by atoms with Crippen molar-refractivity contribution in [1.29, 1.82) is 0 Å². The molecule has 0 spiro atoms. The van der Waals surface area contributed by atoms with Crippen molar-refractivity contribution in [2.75, 3.05) is 0 Å². The Morgan fingerprint density at radius 3 is 2.67 bits per heavy atom. The number of carbonyl (C=O) groups excluding carboxylic acids is 1. The molecule has 0 bridgehead atoms. The Balaban J connectivity index is 2.19. The van der Waals surface area contributed by atoms with Crippen LogP contribution in [0.4, 0.5) is 0 Å². The molecule has 0 aliphatic heterocycles. The molecule has 0 heterocycles. The molecule has 3 nitrogen and oxygen atoms in total. The van der Waals surface area contributed by atoms with Crippen molar-refractivity contribution >= 4 is 5.97 Å². The highest BCUT2D eigenvalue weighted by Crippen LogP contribution is 2.43. The Bertz CT molecular complexity index is 549. The molecule has 1 aliphatic carbocycles. The number of esters is 1. The molecule has 0 radical (unpaired) electrons. The third kappa shape index (κ3) is 4.27. The van der Waals surface area contributed by atoms with Gasteiger partial charge in [-0.25, -0.2) is 4.79 Å². The Kier molecular flexibility index (Phi) is 6.22. The summed E-state index contributed by atoms with van der Waals surface area (Å²) in [6.45, 7) is 10.2. The maximum Gasteiger partial charge on any atom is 0.335 e. The lowest BCUT2D eigenvalue weighted by Gasteiger charge is -2.44. The Morgan fingerprint density at radius 1 is 1.38 bits per heavy atom. The summed E-state index contributed by atoms with van der Waals surface area (Å²) < 4.78 is 5.76. The van der Waals surface area contributed by atoms with Crippen molar-refractivity contribution in [3.05, 3.63) is 48.6 Å². The van der Waals surface area contributed by atoms with E-state index in [1.807, 2.05) is 6.07 Å². The molecule has 0 aromatic heterocycles. The molecule has 1 aromatic carbocycles. The summed E-state index contributed by atoms with van der Waals surface area (Å²) in [6, 6.07) is 10.4. The summed E-state index contributed by atoms with van der Waals surface area (Å²) >= 11 is 0. The lowest BCUT2D eigenvalue weighted by atomic mass is 9.64. The lowest BCUT2D eigenvalue weighted by Crippen LogP contribution is -2.44. The minimum absolute atomic E-state index is 0.0876. The van der Waals surface area contributed by atoms with E-state index in [-0.39, 0.29) is 23.9 Å². The maximum absolute atomic E-state index is 12.2. The summed E-state index contributed by atoms with van der Waals surface area (Å²) in [5, 5.41) is 9.87. The van der Waals surface area contributed by atoms with Crippen LogP contribution in [-0.4, -0.2) is 23.3 Å². The van der Waals surface area contributed by atoms with E-state index in [9.17, 15) is 9.90 Å². The van der Waals surface area contributed by atoms with E-state index in [1.165, 1.54) is 5.56 Å². The van der Waals surface area contributed by atoms with Gasteiger partial charge in [-0.15, -0.1) is 6.58 Å². The van der Waals surface area contributed by atoms with Gasteiger partial charge in [0.2, 0.25) is 0 Å². The number of aliphatic hydroxyl groups excluding tert-OH is 1. The molecule has 1 N–H and O–H groups in total. The van der Waals surface area contributed by atoms with Crippen LogP contribution in [0.5, 0.6) is 0 Å². The van der Waals surface area contributed by atoms with Crippen molar-refractivity contribution in [2.24, 2.45) is 11.8 Å². The molecular weight excluding hydrogens is 300 g/mol. The van der Waals surface area contributed by atoms with E-state index in [0.29, 0.717) is 5.92 Å². The van der Waals surface area contributed by atoms with Gasteiger partial charge in [0.05, 0.1) is 0 Å². The number of rotatable bonds is 6. The van der Waals surface area contributed by atoms with Gasteiger partial charge in [0, 0.05) is 12.3 Å². The summed E-state index contributed by atoms with van der Waals surface area (Å²) in [7, 11) is 0. The molecule has 1 aliphatic rings. The maximum atomic E-state index is 12.2. The van der Waals surface area contributed by atoms with Crippen molar-refractivity contribution < 1.29 is 14.6 Å². The van der Waals surface area contributed by atoms with Crippen LogP contribution >= 0.6 is 0 Å².